The third-order valence-electron chi connectivity index (χ3n) is 4.22. The van der Waals surface area contributed by atoms with Crippen LogP contribution in [0.15, 0.2) is 60.7 Å². The highest BCUT2D eigenvalue weighted by atomic mass is 16.1. The molecule has 1 heterocycles. The lowest BCUT2D eigenvalue weighted by atomic mass is 10.2. The normalized spacial score (nSPS) is 10.4. The largest absolute Gasteiger partial charge is 0.352 e. The molecule has 0 aliphatic rings. The monoisotopic (exact) mass is 375 g/mol. The first-order valence-electron chi connectivity index (χ1n) is 9.32. The molecular weight excluding hydrogens is 350 g/mol. The molecule has 0 saturated carbocycles. The molecule has 0 fully saturated rings. The second-order valence-electron chi connectivity index (χ2n) is 6.57. The van der Waals surface area contributed by atoms with E-state index in [1.807, 2.05) is 55.5 Å². The van der Waals surface area contributed by atoms with Crippen LogP contribution in [0.25, 0.3) is 0 Å². The number of hydrogen-bond donors (Lipinski definition) is 2. The summed E-state index contributed by atoms with van der Waals surface area (Å²) in [6.45, 7) is 7.21. The van der Waals surface area contributed by atoms with Gasteiger partial charge in [-0.1, -0.05) is 30.3 Å². The predicted octanol–water partition coefficient (Wildman–Crippen LogP) is 4.51. The standard InChI is InChI=1S/C22H25N5O/c1-4-27(15-18-8-6-5-7-9-18)21-14-16(2)23-22(26-21)25-20-12-10-19(11-13-20)24-17(3)28/h5-14H,4,15H2,1-3H3,(H,24,28)(H,23,25,26). The Hall–Kier alpha value is -3.41. The van der Waals surface area contributed by atoms with Crippen molar-refractivity contribution in [3.63, 3.8) is 0 Å². The Bertz CT molecular complexity index is 925. The van der Waals surface area contributed by atoms with Crippen LogP contribution in [-0.2, 0) is 11.3 Å². The van der Waals surface area contributed by atoms with Gasteiger partial charge in [0.05, 0.1) is 0 Å². The maximum atomic E-state index is 11.1. The highest BCUT2D eigenvalue weighted by Crippen LogP contribution is 2.21. The molecule has 0 unspecified atom stereocenters. The van der Waals surface area contributed by atoms with Gasteiger partial charge >= 0.3 is 0 Å². The van der Waals surface area contributed by atoms with Crippen molar-refractivity contribution in [1.82, 2.24) is 9.97 Å². The Morgan fingerprint density at radius 1 is 1.00 bits per heavy atom. The number of nitrogens with one attached hydrogen (secondary N) is 2. The minimum atomic E-state index is -0.0922. The van der Waals surface area contributed by atoms with E-state index in [1.54, 1.807) is 0 Å². The van der Waals surface area contributed by atoms with Crippen LogP contribution in [0.2, 0.25) is 0 Å². The first-order valence-corrected chi connectivity index (χ1v) is 9.32. The quantitative estimate of drug-likeness (QED) is 0.636. The van der Waals surface area contributed by atoms with E-state index in [0.717, 1.165) is 36.0 Å². The summed E-state index contributed by atoms with van der Waals surface area (Å²) in [5.74, 6) is 1.34. The first-order chi connectivity index (χ1) is 13.5. The molecular formula is C22H25N5O. The summed E-state index contributed by atoms with van der Waals surface area (Å²) in [6.07, 6.45) is 0. The first kappa shape index (κ1) is 19.4. The minimum Gasteiger partial charge on any atom is -0.352 e. The van der Waals surface area contributed by atoms with Crippen LogP contribution in [0.3, 0.4) is 0 Å². The Morgan fingerprint density at radius 2 is 1.68 bits per heavy atom. The molecule has 6 nitrogen and oxygen atoms in total. The number of nitrogens with zero attached hydrogens (tertiary/aromatic N) is 3. The van der Waals surface area contributed by atoms with Crippen molar-refractivity contribution in [3.8, 4) is 0 Å². The number of amides is 1. The van der Waals surface area contributed by atoms with Crippen LogP contribution in [0, 0.1) is 6.92 Å². The zero-order valence-electron chi connectivity index (χ0n) is 16.4. The molecule has 2 aromatic carbocycles. The molecule has 0 aliphatic heterocycles. The summed E-state index contributed by atoms with van der Waals surface area (Å²) < 4.78 is 0. The van der Waals surface area contributed by atoms with Gasteiger partial charge in [-0.2, -0.15) is 4.98 Å². The van der Waals surface area contributed by atoms with Crippen LogP contribution in [-0.4, -0.2) is 22.4 Å². The summed E-state index contributed by atoms with van der Waals surface area (Å²) in [7, 11) is 0. The van der Waals surface area contributed by atoms with Crippen LogP contribution in [0.1, 0.15) is 25.1 Å². The smallest absolute Gasteiger partial charge is 0.229 e. The van der Waals surface area contributed by atoms with Crippen LogP contribution in [0.5, 0.6) is 0 Å². The van der Waals surface area contributed by atoms with Crippen molar-refractivity contribution >= 4 is 29.0 Å². The van der Waals surface area contributed by atoms with E-state index in [1.165, 1.54) is 12.5 Å². The number of anilines is 4. The molecule has 2 N–H and O–H groups in total. The maximum Gasteiger partial charge on any atom is 0.229 e. The molecule has 3 rings (SSSR count). The topological polar surface area (TPSA) is 70.2 Å². The van der Waals surface area contributed by atoms with Gasteiger partial charge in [0, 0.05) is 43.1 Å². The van der Waals surface area contributed by atoms with Crippen molar-refractivity contribution in [3.05, 3.63) is 71.9 Å². The molecule has 0 radical (unpaired) electrons. The minimum absolute atomic E-state index is 0.0922. The van der Waals surface area contributed by atoms with Gasteiger partial charge in [0.2, 0.25) is 11.9 Å². The highest BCUT2D eigenvalue weighted by molar-refractivity contribution is 5.88. The molecule has 0 spiro atoms. The molecule has 144 valence electrons. The average molecular weight is 375 g/mol. The van der Waals surface area contributed by atoms with E-state index < -0.39 is 0 Å². The Kier molecular flexibility index (Phi) is 6.22. The van der Waals surface area contributed by atoms with E-state index in [4.69, 9.17) is 4.98 Å². The van der Waals surface area contributed by atoms with Crippen molar-refractivity contribution < 1.29 is 4.79 Å². The Labute approximate surface area is 165 Å². The number of rotatable bonds is 7. The summed E-state index contributed by atoms with van der Waals surface area (Å²) in [4.78, 5) is 22.6. The SMILES string of the molecule is CCN(Cc1ccccc1)c1cc(C)nc(Nc2ccc(NC(C)=O)cc2)n1. The zero-order chi connectivity index (χ0) is 19.9. The summed E-state index contributed by atoms with van der Waals surface area (Å²) in [6, 6.07) is 19.8. The van der Waals surface area contributed by atoms with Crippen LogP contribution >= 0.6 is 0 Å². The van der Waals surface area contributed by atoms with Gasteiger partial charge in [0.25, 0.3) is 0 Å². The number of aryl methyl sites for hydroxylation is 1. The summed E-state index contributed by atoms with van der Waals surface area (Å²) >= 11 is 0. The van der Waals surface area contributed by atoms with E-state index >= 15 is 0 Å². The van der Waals surface area contributed by atoms with E-state index in [0.29, 0.717) is 5.95 Å². The van der Waals surface area contributed by atoms with Crippen LogP contribution < -0.4 is 15.5 Å². The van der Waals surface area contributed by atoms with Crippen molar-refractivity contribution in [1.29, 1.82) is 0 Å². The maximum absolute atomic E-state index is 11.1. The lowest BCUT2D eigenvalue weighted by Crippen LogP contribution is -2.23. The van der Waals surface area contributed by atoms with Gasteiger partial charge < -0.3 is 15.5 Å². The van der Waals surface area contributed by atoms with Gasteiger partial charge in [-0.05, 0) is 43.7 Å². The molecule has 0 aliphatic carbocycles. The molecule has 6 heteroatoms. The van der Waals surface area contributed by atoms with Crippen molar-refractivity contribution in [2.45, 2.75) is 27.3 Å². The molecule has 0 bridgehead atoms. The second-order valence-corrected chi connectivity index (χ2v) is 6.57. The molecule has 0 saturated heterocycles. The summed E-state index contributed by atoms with van der Waals surface area (Å²) in [5, 5.41) is 6.00. The number of carbonyl (C=O) groups is 1. The molecule has 1 amide bonds. The third kappa shape index (κ3) is 5.30. The van der Waals surface area contributed by atoms with Gasteiger partial charge in [-0.3, -0.25) is 4.79 Å². The van der Waals surface area contributed by atoms with E-state index in [9.17, 15) is 4.79 Å². The second kappa shape index (κ2) is 8.99. The fourth-order valence-corrected chi connectivity index (χ4v) is 2.90. The highest BCUT2D eigenvalue weighted by Gasteiger charge is 2.10. The lowest BCUT2D eigenvalue weighted by molar-refractivity contribution is -0.114. The van der Waals surface area contributed by atoms with Crippen molar-refractivity contribution in [2.24, 2.45) is 0 Å². The van der Waals surface area contributed by atoms with Gasteiger partial charge in [0.15, 0.2) is 0 Å². The number of hydrogen-bond acceptors (Lipinski definition) is 5. The third-order valence-corrected chi connectivity index (χ3v) is 4.22. The fourth-order valence-electron chi connectivity index (χ4n) is 2.90. The molecule has 0 atom stereocenters. The molecule has 1 aromatic heterocycles. The predicted molar refractivity (Wildman–Crippen MR) is 114 cm³/mol. The van der Waals surface area contributed by atoms with Crippen LogP contribution in [0.4, 0.5) is 23.1 Å². The zero-order valence-corrected chi connectivity index (χ0v) is 16.4. The van der Waals surface area contributed by atoms with Gasteiger partial charge in [0.1, 0.15) is 5.82 Å². The van der Waals surface area contributed by atoms with Gasteiger partial charge in [-0.25, -0.2) is 4.98 Å². The fraction of sp³-hybridized carbons (Fsp3) is 0.227. The molecule has 3 aromatic rings. The molecule has 28 heavy (non-hydrogen) atoms. The Balaban J connectivity index is 1.77. The number of benzene rings is 2. The summed E-state index contributed by atoms with van der Waals surface area (Å²) in [5.41, 5.74) is 3.75. The Morgan fingerprint density at radius 3 is 2.32 bits per heavy atom. The van der Waals surface area contributed by atoms with Gasteiger partial charge in [-0.15, -0.1) is 0 Å². The lowest BCUT2D eigenvalue weighted by Gasteiger charge is -2.23. The average Bonchev–Trinajstić information content (AvgIpc) is 2.67. The number of carbonyl (C=O) groups excluding carboxylic acids is 1. The van der Waals surface area contributed by atoms with E-state index in [2.05, 4.69) is 39.6 Å². The number of aromatic nitrogens is 2. The van der Waals surface area contributed by atoms with Crippen molar-refractivity contribution in [2.75, 3.05) is 22.1 Å². The van der Waals surface area contributed by atoms with E-state index in [-0.39, 0.29) is 5.91 Å².